The second kappa shape index (κ2) is 6.18. The van der Waals surface area contributed by atoms with Crippen molar-refractivity contribution in [2.75, 3.05) is 7.05 Å². The summed E-state index contributed by atoms with van der Waals surface area (Å²) < 4.78 is 7.65. The third-order valence-corrected chi connectivity index (χ3v) is 2.48. The van der Waals surface area contributed by atoms with Crippen LogP contribution in [-0.4, -0.2) is 16.6 Å². The first-order valence-electron chi connectivity index (χ1n) is 5.66. The summed E-state index contributed by atoms with van der Waals surface area (Å²) in [5.74, 6) is 0.987. The molecule has 0 atom stereocenters. The van der Waals surface area contributed by atoms with Crippen molar-refractivity contribution in [2.24, 2.45) is 0 Å². The lowest BCUT2D eigenvalue weighted by Gasteiger charge is -2.08. The Balaban J connectivity index is 1.84. The van der Waals surface area contributed by atoms with Gasteiger partial charge in [-0.3, -0.25) is 0 Å². The number of imidazole rings is 1. The summed E-state index contributed by atoms with van der Waals surface area (Å²) in [7, 11) is 1.91. The number of nitrogens with one attached hydrogen (secondary N) is 1. The van der Waals surface area contributed by atoms with Gasteiger partial charge in [-0.1, -0.05) is 30.3 Å². The minimum Gasteiger partial charge on any atom is -0.356 e. The zero-order chi connectivity index (χ0) is 11.9. The van der Waals surface area contributed by atoms with Gasteiger partial charge in [-0.2, -0.15) is 0 Å². The molecule has 4 nitrogen and oxygen atoms in total. The maximum absolute atomic E-state index is 5.65. The number of hydrogen-bond acceptors (Lipinski definition) is 3. The lowest BCUT2D eigenvalue weighted by Crippen LogP contribution is -2.13. The van der Waals surface area contributed by atoms with Crippen molar-refractivity contribution < 1.29 is 4.74 Å². The van der Waals surface area contributed by atoms with Crippen molar-refractivity contribution in [1.29, 1.82) is 0 Å². The van der Waals surface area contributed by atoms with Crippen LogP contribution in [0.25, 0.3) is 0 Å². The van der Waals surface area contributed by atoms with E-state index in [1.54, 1.807) is 6.20 Å². The molecule has 0 fully saturated rings. The lowest BCUT2D eigenvalue weighted by molar-refractivity contribution is 0.0620. The molecule has 4 heteroatoms. The number of ether oxygens (including phenoxy) is 1. The highest BCUT2D eigenvalue weighted by atomic mass is 16.5. The minimum absolute atomic E-state index is 0.534. The molecule has 2 aromatic rings. The van der Waals surface area contributed by atoms with E-state index in [1.165, 1.54) is 5.56 Å². The van der Waals surface area contributed by atoms with Gasteiger partial charge in [0.25, 0.3) is 0 Å². The molecule has 1 heterocycles. The van der Waals surface area contributed by atoms with Gasteiger partial charge in [0, 0.05) is 12.4 Å². The summed E-state index contributed by atoms with van der Waals surface area (Å²) in [6, 6.07) is 10.2. The number of hydrogen-bond donors (Lipinski definition) is 1. The van der Waals surface area contributed by atoms with Gasteiger partial charge < -0.3 is 14.6 Å². The highest BCUT2D eigenvalue weighted by molar-refractivity contribution is 5.13. The van der Waals surface area contributed by atoms with Gasteiger partial charge in [0.15, 0.2) is 0 Å². The fourth-order valence-electron chi connectivity index (χ4n) is 1.62. The standard InChI is InChI=1S/C13H17N3O/c1-14-9-13-15-7-8-16(13)11-17-10-12-5-3-2-4-6-12/h2-8,14H,9-11H2,1H3. The number of rotatable bonds is 6. The van der Waals surface area contributed by atoms with Crippen LogP contribution in [0.1, 0.15) is 11.4 Å². The molecule has 0 aliphatic heterocycles. The molecule has 0 bridgehead atoms. The van der Waals surface area contributed by atoms with Crippen LogP contribution >= 0.6 is 0 Å². The molecule has 17 heavy (non-hydrogen) atoms. The van der Waals surface area contributed by atoms with Crippen molar-refractivity contribution in [1.82, 2.24) is 14.9 Å². The first kappa shape index (κ1) is 11.8. The molecular weight excluding hydrogens is 214 g/mol. The predicted octanol–water partition coefficient (Wildman–Crippen LogP) is 1.78. The van der Waals surface area contributed by atoms with E-state index in [1.807, 2.05) is 36.0 Å². The summed E-state index contributed by atoms with van der Waals surface area (Å²) in [4.78, 5) is 4.25. The van der Waals surface area contributed by atoms with Crippen LogP contribution in [-0.2, 0) is 24.6 Å². The van der Waals surface area contributed by atoms with Crippen LogP contribution in [0.2, 0.25) is 0 Å². The zero-order valence-corrected chi connectivity index (χ0v) is 9.97. The molecular formula is C13H17N3O. The number of aromatic nitrogens is 2. The number of benzene rings is 1. The molecule has 0 saturated heterocycles. The summed E-state index contributed by atoms with van der Waals surface area (Å²) in [6.07, 6.45) is 3.72. The Kier molecular flexibility index (Phi) is 4.30. The molecule has 1 aromatic heterocycles. The van der Waals surface area contributed by atoms with E-state index in [0.717, 1.165) is 12.4 Å². The van der Waals surface area contributed by atoms with Gasteiger partial charge >= 0.3 is 0 Å². The van der Waals surface area contributed by atoms with Crippen LogP contribution < -0.4 is 5.32 Å². The van der Waals surface area contributed by atoms with E-state index in [0.29, 0.717) is 13.3 Å². The van der Waals surface area contributed by atoms with Crippen molar-refractivity contribution in [2.45, 2.75) is 19.9 Å². The van der Waals surface area contributed by atoms with Crippen LogP contribution in [0.5, 0.6) is 0 Å². The van der Waals surface area contributed by atoms with Gasteiger partial charge in [0.05, 0.1) is 13.2 Å². The Morgan fingerprint density at radius 3 is 2.88 bits per heavy atom. The van der Waals surface area contributed by atoms with E-state index < -0.39 is 0 Å². The molecule has 90 valence electrons. The number of nitrogens with zero attached hydrogens (tertiary/aromatic N) is 2. The minimum atomic E-state index is 0.534. The normalized spacial score (nSPS) is 10.6. The topological polar surface area (TPSA) is 39.1 Å². The summed E-state index contributed by atoms with van der Waals surface area (Å²) in [6.45, 7) is 1.91. The van der Waals surface area contributed by atoms with Gasteiger partial charge in [-0.25, -0.2) is 4.98 Å². The Labute approximate surface area is 101 Å². The summed E-state index contributed by atoms with van der Waals surface area (Å²) in [5, 5.41) is 3.08. The largest absolute Gasteiger partial charge is 0.356 e. The van der Waals surface area contributed by atoms with Crippen LogP contribution in [0.3, 0.4) is 0 Å². The van der Waals surface area contributed by atoms with E-state index in [9.17, 15) is 0 Å². The molecule has 0 unspecified atom stereocenters. The molecule has 0 aliphatic carbocycles. The molecule has 0 amide bonds. The maximum Gasteiger partial charge on any atom is 0.124 e. The van der Waals surface area contributed by atoms with Gasteiger partial charge in [0.2, 0.25) is 0 Å². The SMILES string of the molecule is CNCc1nccn1COCc1ccccc1. The van der Waals surface area contributed by atoms with Crippen LogP contribution in [0.4, 0.5) is 0 Å². The third-order valence-electron chi connectivity index (χ3n) is 2.48. The molecule has 0 saturated carbocycles. The van der Waals surface area contributed by atoms with Gasteiger partial charge in [-0.05, 0) is 12.6 Å². The van der Waals surface area contributed by atoms with Crippen molar-refractivity contribution in [3.05, 3.63) is 54.1 Å². The Morgan fingerprint density at radius 1 is 1.29 bits per heavy atom. The fourth-order valence-corrected chi connectivity index (χ4v) is 1.62. The molecule has 0 aliphatic rings. The Hall–Kier alpha value is -1.65. The highest BCUT2D eigenvalue weighted by Crippen LogP contribution is 2.03. The Bertz CT molecular complexity index is 439. The monoisotopic (exact) mass is 231 g/mol. The summed E-state index contributed by atoms with van der Waals surface area (Å²) in [5.41, 5.74) is 1.18. The zero-order valence-electron chi connectivity index (χ0n) is 9.97. The smallest absolute Gasteiger partial charge is 0.124 e. The van der Waals surface area contributed by atoms with E-state index >= 15 is 0 Å². The average molecular weight is 231 g/mol. The van der Waals surface area contributed by atoms with Crippen LogP contribution in [0.15, 0.2) is 42.7 Å². The van der Waals surface area contributed by atoms with Crippen molar-refractivity contribution in [3.63, 3.8) is 0 Å². The first-order valence-corrected chi connectivity index (χ1v) is 5.66. The molecule has 1 N–H and O–H groups in total. The maximum atomic E-state index is 5.65. The molecule has 2 rings (SSSR count). The van der Waals surface area contributed by atoms with Crippen molar-refractivity contribution >= 4 is 0 Å². The van der Waals surface area contributed by atoms with E-state index in [2.05, 4.69) is 22.4 Å². The molecule has 1 aromatic carbocycles. The second-order valence-electron chi connectivity index (χ2n) is 3.81. The van der Waals surface area contributed by atoms with E-state index in [-0.39, 0.29) is 0 Å². The highest BCUT2D eigenvalue weighted by Gasteiger charge is 2.00. The lowest BCUT2D eigenvalue weighted by atomic mass is 10.2. The van der Waals surface area contributed by atoms with E-state index in [4.69, 9.17) is 4.74 Å². The fraction of sp³-hybridized carbons (Fsp3) is 0.308. The predicted molar refractivity (Wildman–Crippen MR) is 66.2 cm³/mol. The third kappa shape index (κ3) is 3.41. The molecule has 0 spiro atoms. The summed E-state index contributed by atoms with van der Waals surface area (Å²) >= 11 is 0. The average Bonchev–Trinajstić information content (AvgIpc) is 2.79. The van der Waals surface area contributed by atoms with Gasteiger partial charge in [-0.15, -0.1) is 0 Å². The quantitative estimate of drug-likeness (QED) is 0.823. The van der Waals surface area contributed by atoms with Crippen LogP contribution in [0, 0.1) is 0 Å². The second-order valence-corrected chi connectivity index (χ2v) is 3.81. The van der Waals surface area contributed by atoms with Crippen molar-refractivity contribution in [3.8, 4) is 0 Å². The molecule has 0 radical (unpaired) electrons. The van der Waals surface area contributed by atoms with Gasteiger partial charge in [0.1, 0.15) is 12.6 Å². The Morgan fingerprint density at radius 2 is 2.12 bits per heavy atom. The first-order chi connectivity index (χ1) is 8.40.